The summed E-state index contributed by atoms with van der Waals surface area (Å²) in [6.45, 7) is 0. The van der Waals surface area contributed by atoms with E-state index in [-0.39, 0.29) is 138 Å². The van der Waals surface area contributed by atoms with E-state index in [1.165, 1.54) is 0 Å². The van der Waals surface area contributed by atoms with Gasteiger partial charge in [-0.25, -0.2) is 0 Å². The average molecular weight is 328 g/mol. The molecule has 2 nitrogen and oxygen atoms in total. The van der Waals surface area contributed by atoms with Gasteiger partial charge < -0.3 is 10.2 Å². The Hall–Kier alpha value is 4.02. The van der Waals surface area contributed by atoms with E-state index in [4.69, 9.17) is 10.2 Å². The van der Waals surface area contributed by atoms with Gasteiger partial charge in [0, 0.05) is 0 Å². The van der Waals surface area contributed by atoms with Gasteiger partial charge in [0.15, 0.2) is 0 Å². The SMILES string of the molecule is C[O-].C[O-].[Cs+].[Cs+]. The minimum atomic E-state index is 0. The topological polar surface area (TPSA) is 46.1 Å². The summed E-state index contributed by atoms with van der Waals surface area (Å²) in [6, 6.07) is 0. The second-order valence-corrected chi connectivity index (χ2v) is 0. The van der Waals surface area contributed by atoms with Crippen molar-refractivity contribution in [2.75, 3.05) is 14.2 Å². The fourth-order valence-electron chi connectivity index (χ4n) is 0. The van der Waals surface area contributed by atoms with Crippen molar-refractivity contribution in [2.45, 2.75) is 0 Å². The maximum absolute atomic E-state index is 8.25. The van der Waals surface area contributed by atoms with Crippen LogP contribution in [0.4, 0.5) is 0 Å². The first-order valence-electron chi connectivity index (χ1n) is 0.816. The van der Waals surface area contributed by atoms with Crippen molar-refractivity contribution in [3.05, 3.63) is 0 Å². The Morgan fingerprint density at radius 1 is 0.667 bits per heavy atom. The molecule has 0 spiro atoms. The van der Waals surface area contributed by atoms with Crippen molar-refractivity contribution in [1.82, 2.24) is 0 Å². The van der Waals surface area contributed by atoms with Crippen molar-refractivity contribution in [1.29, 1.82) is 0 Å². The van der Waals surface area contributed by atoms with Gasteiger partial charge in [-0.2, -0.15) is 14.2 Å². The molecule has 0 aromatic rings. The molecule has 0 N–H and O–H groups in total. The summed E-state index contributed by atoms with van der Waals surface area (Å²) < 4.78 is 0. The van der Waals surface area contributed by atoms with Gasteiger partial charge in [0.05, 0.1) is 0 Å². The molecule has 0 aliphatic carbocycles. The van der Waals surface area contributed by atoms with E-state index in [9.17, 15) is 0 Å². The van der Waals surface area contributed by atoms with Crippen LogP contribution >= 0.6 is 0 Å². The molecule has 4 heteroatoms. The molecular formula is C2H6Cs2O2. The zero-order valence-corrected chi connectivity index (χ0v) is 17.4. The van der Waals surface area contributed by atoms with Crippen LogP contribution in [0.25, 0.3) is 0 Å². The molecular weight excluding hydrogens is 322 g/mol. The number of rotatable bonds is 0. The van der Waals surface area contributed by atoms with Crippen molar-refractivity contribution in [3.8, 4) is 0 Å². The zero-order chi connectivity index (χ0) is 4.00. The van der Waals surface area contributed by atoms with Crippen LogP contribution in [0.1, 0.15) is 0 Å². The molecule has 0 rings (SSSR count). The first-order chi connectivity index (χ1) is 2.00. The predicted octanol–water partition coefficient (Wildman–Crippen LogP) is -8.04. The molecule has 0 aromatic carbocycles. The summed E-state index contributed by atoms with van der Waals surface area (Å²) in [5, 5.41) is 16.5. The summed E-state index contributed by atoms with van der Waals surface area (Å²) in [7, 11) is 1.50. The largest absolute Gasteiger partial charge is 1.00 e. The normalized spacial score (nSPS) is 2.00. The summed E-state index contributed by atoms with van der Waals surface area (Å²) in [4.78, 5) is 0. The summed E-state index contributed by atoms with van der Waals surface area (Å²) >= 11 is 0. The Labute approximate surface area is 156 Å². The van der Waals surface area contributed by atoms with Gasteiger partial charge in [0.2, 0.25) is 0 Å². The minimum absolute atomic E-state index is 0. The third kappa shape index (κ3) is 24.4. The molecule has 0 saturated carbocycles. The van der Waals surface area contributed by atoms with Crippen molar-refractivity contribution in [2.24, 2.45) is 0 Å². The van der Waals surface area contributed by atoms with E-state index >= 15 is 0 Å². The molecule has 0 fully saturated rings. The van der Waals surface area contributed by atoms with E-state index in [2.05, 4.69) is 0 Å². The first-order valence-corrected chi connectivity index (χ1v) is 0.816. The Bertz CT molecular complexity index is 9.51. The third-order valence-electron chi connectivity index (χ3n) is 0. The maximum atomic E-state index is 8.25. The summed E-state index contributed by atoms with van der Waals surface area (Å²) in [6.07, 6.45) is 0. The van der Waals surface area contributed by atoms with Crippen molar-refractivity contribution < 1.29 is 148 Å². The van der Waals surface area contributed by atoms with Crippen LogP contribution < -0.4 is 148 Å². The second kappa shape index (κ2) is 35.9. The zero-order valence-electron chi connectivity index (χ0n) is 4.82. The summed E-state index contributed by atoms with van der Waals surface area (Å²) in [5.41, 5.74) is 0. The number of hydrogen-bond acceptors (Lipinski definition) is 2. The molecule has 0 heterocycles. The maximum Gasteiger partial charge on any atom is 1.00 e. The molecule has 0 radical (unpaired) electrons. The third-order valence-corrected chi connectivity index (χ3v) is 0. The Morgan fingerprint density at radius 2 is 0.667 bits per heavy atom. The van der Waals surface area contributed by atoms with Crippen LogP contribution in [-0.2, 0) is 0 Å². The molecule has 0 aliphatic heterocycles. The van der Waals surface area contributed by atoms with E-state index in [0.717, 1.165) is 14.2 Å². The molecule has 0 aliphatic rings. The van der Waals surface area contributed by atoms with Gasteiger partial charge in [0.25, 0.3) is 0 Å². The Kier molecular flexibility index (Phi) is 135. The second-order valence-electron chi connectivity index (χ2n) is 0. The van der Waals surface area contributed by atoms with Gasteiger partial charge in [0.1, 0.15) is 0 Å². The van der Waals surface area contributed by atoms with Crippen molar-refractivity contribution in [3.63, 3.8) is 0 Å². The predicted molar refractivity (Wildman–Crippen MR) is 11.8 cm³/mol. The molecule has 0 unspecified atom stereocenters. The van der Waals surface area contributed by atoms with Crippen LogP contribution in [0.15, 0.2) is 0 Å². The molecule has 0 atom stereocenters. The minimum Gasteiger partial charge on any atom is -0.857 e. The average Bonchev–Trinajstić information content (AvgIpc) is 1.50. The monoisotopic (exact) mass is 328 g/mol. The fourth-order valence-corrected chi connectivity index (χ4v) is 0. The van der Waals surface area contributed by atoms with Gasteiger partial charge in [-0.15, -0.1) is 0 Å². The van der Waals surface area contributed by atoms with E-state index in [0.29, 0.717) is 0 Å². The summed E-state index contributed by atoms with van der Waals surface area (Å²) in [5.74, 6) is 0. The van der Waals surface area contributed by atoms with E-state index in [1.807, 2.05) is 0 Å². The molecule has 0 amide bonds. The van der Waals surface area contributed by atoms with Crippen LogP contribution in [0.2, 0.25) is 0 Å². The van der Waals surface area contributed by atoms with Gasteiger partial charge in [-0.3, -0.25) is 0 Å². The van der Waals surface area contributed by atoms with Crippen molar-refractivity contribution >= 4 is 0 Å². The smallest absolute Gasteiger partial charge is 0.857 e. The Balaban J connectivity index is -0.00000000500. The standard InChI is InChI=1S/2CH3O.2Cs/c2*1-2;;/h2*1H3;;/q2*-1;2*+1. The van der Waals surface area contributed by atoms with E-state index < -0.39 is 0 Å². The first kappa shape index (κ1) is 22.5. The molecule has 0 bridgehead atoms. The molecule has 0 aromatic heterocycles. The molecule has 6 heavy (non-hydrogen) atoms. The van der Waals surface area contributed by atoms with Crippen LogP contribution in [0.5, 0.6) is 0 Å². The fraction of sp³-hybridized carbons (Fsp3) is 1.00. The molecule has 0 saturated heterocycles. The van der Waals surface area contributed by atoms with Gasteiger partial charge in [-0.05, 0) is 0 Å². The Morgan fingerprint density at radius 3 is 0.667 bits per heavy atom. The van der Waals surface area contributed by atoms with Crippen LogP contribution in [0, 0.1) is 0 Å². The van der Waals surface area contributed by atoms with Gasteiger partial charge >= 0.3 is 138 Å². The van der Waals surface area contributed by atoms with Gasteiger partial charge in [-0.1, -0.05) is 0 Å². The number of hydrogen-bond donors (Lipinski definition) is 0. The molecule has 28 valence electrons. The van der Waals surface area contributed by atoms with Crippen LogP contribution in [0.3, 0.4) is 0 Å². The quantitative estimate of drug-likeness (QED) is 0.444. The van der Waals surface area contributed by atoms with E-state index in [1.54, 1.807) is 0 Å². The van der Waals surface area contributed by atoms with Crippen LogP contribution in [-0.4, -0.2) is 14.2 Å².